The number of nitro groups is 1. The Morgan fingerprint density at radius 3 is 2.19 bits per heavy atom. The van der Waals surface area contributed by atoms with Gasteiger partial charge in [-0.15, -0.1) is 0 Å². The highest BCUT2D eigenvalue weighted by molar-refractivity contribution is 7.86. The molecule has 6 nitrogen and oxygen atoms in total. The van der Waals surface area contributed by atoms with Crippen LogP contribution < -0.4 is 0 Å². The first-order chi connectivity index (χ1) is 9.89. The standard InChI is InChI=1S/C14H13NO5S/c16-15(17)13-9-5-4-8-12(13)14(21(18,19)20)10-11-6-2-1-3-7-11/h1-9,14H,10H2,(H,18,19,20). The molecule has 1 atom stereocenters. The van der Waals surface area contributed by atoms with Crippen LogP contribution >= 0.6 is 0 Å². The van der Waals surface area contributed by atoms with Crippen LogP contribution in [0.5, 0.6) is 0 Å². The van der Waals surface area contributed by atoms with Gasteiger partial charge in [-0.2, -0.15) is 8.42 Å². The van der Waals surface area contributed by atoms with Crippen molar-refractivity contribution in [2.24, 2.45) is 0 Å². The fraction of sp³-hybridized carbons (Fsp3) is 0.143. The minimum Gasteiger partial charge on any atom is -0.285 e. The summed E-state index contributed by atoms with van der Waals surface area (Å²) < 4.78 is 32.7. The van der Waals surface area contributed by atoms with E-state index in [0.717, 1.165) is 0 Å². The van der Waals surface area contributed by atoms with E-state index in [1.54, 1.807) is 30.3 Å². The van der Waals surface area contributed by atoms with Gasteiger partial charge in [0.2, 0.25) is 0 Å². The quantitative estimate of drug-likeness (QED) is 0.520. The van der Waals surface area contributed by atoms with Gasteiger partial charge in [-0.1, -0.05) is 48.5 Å². The van der Waals surface area contributed by atoms with E-state index in [9.17, 15) is 23.1 Å². The lowest BCUT2D eigenvalue weighted by atomic mass is 10.0. The van der Waals surface area contributed by atoms with Crippen molar-refractivity contribution in [3.63, 3.8) is 0 Å². The molecule has 2 aromatic rings. The number of hydrogen-bond donors (Lipinski definition) is 1. The van der Waals surface area contributed by atoms with Gasteiger partial charge in [0.1, 0.15) is 5.25 Å². The van der Waals surface area contributed by atoms with E-state index in [1.807, 2.05) is 0 Å². The molecule has 0 aliphatic heterocycles. The van der Waals surface area contributed by atoms with Gasteiger partial charge >= 0.3 is 0 Å². The molecule has 0 bridgehead atoms. The molecule has 0 saturated carbocycles. The number of rotatable bonds is 5. The van der Waals surface area contributed by atoms with Crippen molar-refractivity contribution in [3.8, 4) is 0 Å². The van der Waals surface area contributed by atoms with Crippen molar-refractivity contribution in [1.82, 2.24) is 0 Å². The average Bonchev–Trinajstić information content (AvgIpc) is 2.44. The molecule has 0 radical (unpaired) electrons. The molecule has 2 aromatic carbocycles. The maximum atomic E-state index is 11.6. The predicted octanol–water partition coefficient (Wildman–Crippen LogP) is 2.77. The molecule has 21 heavy (non-hydrogen) atoms. The summed E-state index contributed by atoms with van der Waals surface area (Å²) in [5, 5.41) is 9.66. The number of nitrogens with zero attached hydrogens (tertiary/aromatic N) is 1. The molecule has 1 unspecified atom stereocenters. The minimum absolute atomic E-state index is 0.0196. The van der Waals surface area contributed by atoms with Crippen molar-refractivity contribution in [2.45, 2.75) is 11.7 Å². The van der Waals surface area contributed by atoms with Gasteiger partial charge in [0, 0.05) is 6.07 Å². The summed E-state index contributed by atoms with van der Waals surface area (Å²) in [6, 6.07) is 14.2. The lowest BCUT2D eigenvalue weighted by Crippen LogP contribution is -2.16. The van der Waals surface area contributed by atoms with Crippen LogP contribution in [-0.4, -0.2) is 17.9 Å². The summed E-state index contributed by atoms with van der Waals surface area (Å²) in [4.78, 5) is 10.4. The highest BCUT2D eigenvalue weighted by atomic mass is 32.2. The monoisotopic (exact) mass is 307 g/mol. The van der Waals surface area contributed by atoms with E-state index in [2.05, 4.69) is 0 Å². The lowest BCUT2D eigenvalue weighted by Gasteiger charge is -2.14. The summed E-state index contributed by atoms with van der Waals surface area (Å²) in [7, 11) is -4.48. The molecule has 0 heterocycles. The third-order valence-electron chi connectivity index (χ3n) is 3.10. The Hall–Kier alpha value is -2.25. The van der Waals surface area contributed by atoms with Crippen LogP contribution in [-0.2, 0) is 16.5 Å². The molecule has 0 aromatic heterocycles. The van der Waals surface area contributed by atoms with Crippen LogP contribution in [0.1, 0.15) is 16.4 Å². The molecule has 0 aliphatic rings. The Kier molecular flexibility index (Phi) is 4.35. The fourth-order valence-electron chi connectivity index (χ4n) is 2.13. The third-order valence-corrected chi connectivity index (χ3v) is 4.24. The molecule has 0 saturated heterocycles. The van der Waals surface area contributed by atoms with Gasteiger partial charge in [-0.25, -0.2) is 0 Å². The summed E-state index contributed by atoms with van der Waals surface area (Å²) in [5.74, 6) is 0. The van der Waals surface area contributed by atoms with Crippen molar-refractivity contribution < 1.29 is 17.9 Å². The summed E-state index contributed by atoms with van der Waals surface area (Å²) in [6.45, 7) is 0. The van der Waals surface area contributed by atoms with Crippen molar-refractivity contribution in [2.75, 3.05) is 0 Å². The number of para-hydroxylation sites is 1. The number of hydrogen-bond acceptors (Lipinski definition) is 4. The van der Waals surface area contributed by atoms with Crippen LogP contribution in [0.3, 0.4) is 0 Å². The Bertz CT molecular complexity index is 743. The lowest BCUT2D eigenvalue weighted by molar-refractivity contribution is -0.385. The van der Waals surface area contributed by atoms with E-state index < -0.39 is 20.3 Å². The van der Waals surface area contributed by atoms with Crippen molar-refractivity contribution in [1.29, 1.82) is 0 Å². The molecule has 1 N–H and O–H groups in total. The van der Waals surface area contributed by atoms with Gasteiger partial charge in [0.25, 0.3) is 15.8 Å². The normalized spacial score (nSPS) is 12.8. The fourth-order valence-corrected chi connectivity index (χ4v) is 3.05. The van der Waals surface area contributed by atoms with Gasteiger partial charge < -0.3 is 0 Å². The Labute approximate surface area is 121 Å². The van der Waals surface area contributed by atoms with Gasteiger partial charge in [0.05, 0.1) is 10.5 Å². The van der Waals surface area contributed by atoms with Crippen LogP contribution in [0.2, 0.25) is 0 Å². The van der Waals surface area contributed by atoms with Crippen LogP contribution in [0, 0.1) is 10.1 Å². The minimum atomic E-state index is -4.48. The van der Waals surface area contributed by atoms with Crippen LogP contribution in [0.4, 0.5) is 5.69 Å². The second-order valence-corrected chi connectivity index (χ2v) is 6.11. The molecule has 0 fully saturated rings. The first-order valence-corrected chi connectivity index (χ1v) is 7.63. The van der Waals surface area contributed by atoms with Gasteiger partial charge in [-0.3, -0.25) is 14.7 Å². The Morgan fingerprint density at radius 2 is 1.62 bits per heavy atom. The molecule has 0 spiro atoms. The van der Waals surface area contributed by atoms with E-state index >= 15 is 0 Å². The zero-order valence-corrected chi connectivity index (χ0v) is 11.7. The maximum absolute atomic E-state index is 11.6. The molecular weight excluding hydrogens is 294 g/mol. The average molecular weight is 307 g/mol. The van der Waals surface area contributed by atoms with Crippen LogP contribution in [0.25, 0.3) is 0 Å². The Balaban J connectivity index is 2.50. The molecule has 110 valence electrons. The van der Waals surface area contributed by atoms with Crippen molar-refractivity contribution >= 4 is 15.8 Å². The van der Waals surface area contributed by atoms with Crippen molar-refractivity contribution in [3.05, 3.63) is 75.8 Å². The molecule has 0 aliphatic carbocycles. The van der Waals surface area contributed by atoms with Gasteiger partial charge in [-0.05, 0) is 12.0 Å². The van der Waals surface area contributed by atoms with Gasteiger partial charge in [0.15, 0.2) is 0 Å². The molecular formula is C14H13NO5S. The number of benzene rings is 2. The topological polar surface area (TPSA) is 97.5 Å². The summed E-state index contributed by atoms with van der Waals surface area (Å²) >= 11 is 0. The zero-order valence-electron chi connectivity index (χ0n) is 10.9. The molecule has 0 amide bonds. The predicted molar refractivity (Wildman–Crippen MR) is 77.5 cm³/mol. The zero-order chi connectivity index (χ0) is 15.5. The first kappa shape index (κ1) is 15.1. The van der Waals surface area contributed by atoms with Crippen LogP contribution in [0.15, 0.2) is 54.6 Å². The Morgan fingerprint density at radius 1 is 1.05 bits per heavy atom. The summed E-state index contributed by atoms with van der Waals surface area (Å²) in [5.41, 5.74) is 0.322. The maximum Gasteiger partial charge on any atom is 0.274 e. The van der Waals surface area contributed by atoms with E-state index in [4.69, 9.17) is 0 Å². The highest BCUT2D eigenvalue weighted by Crippen LogP contribution is 2.32. The second-order valence-electron chi connectivity index (χ2n) is 4.51. The smallest absolute Gasteiger partial charge is 0.274 e. The van der Waals surface area contributed by atoms with E-state index in [1.165, 1.54) is 24.3 Å². The second kappa shape index (κ2) is 6.02. The first-order valence-electron chi connectivity index (χ1n) is 6.13. The SMILES string of the molecule is O=[N+]([O-])c1ccccc1C(Cc1ccccc1)S(=O)(=O)O. The van der Waals surface area contributed by atoms with E-state index in [0.29, 0.717) is 5.56 Å². The third kappa shape index (κ3) is 3.65. The molecule has 2 rings (SSSR count). The summed E-state index contributed by atoms with van der Waals surface area (Å²) in [6.07, 6.45) is -0.0372. The number of nitro benzene ring substituents is 1. The highest BCUT2D eigenvalue weighted by Gasteiger charge is 2.31. The van der Waals surface area contributed by atoms with E-state index in [-0.39, 0.29) is 17.7 Å². The molecule has 7 heteroatoms. The largest absolute Gasteiger partial charge is 0.285 e.